The van der Waals surface area contributed by atoms with Gasteiger partial charge in [-0.15, -0.1) is 12.4 Å². The molecule has 0 aliphatic rings. The van der Waals surface area contributed by atoms with Crippen LogP contribution in [0.1, 0.15) is 24.4 Å². The molecule has 3 amide bonds. The highest BCUT2D eigenvalue weighted by atomic mass is 35.5. The van der Waals surface area contributed by atoms with Gasteiger partial charge in [0.2, 0.25) is 11.8 Å². The molecule has 1 heterocycles. The predicted molar refractivity (Wildman–Crippen MR) is 110 cm³/mol. The van der Waals surface area contributed by atoms with E-state index < -0.39 is 23.8 Å². The molecule has 28 heavy (non-hydrogen) atoms. The van der Waals surface area contributed by atoms with Crippen molar-refractivity contribution in [2.24, 2.45) is 11.7 Å². The average Bonchev–Trinajstić information content (AvgIpc) is 3.16. The van der Waals surface area contributed by atoms with Gasteiger partial charge in [0.05, 0.1) is 30.2 Å². The predicted octanol–water partition coefficient (Wildman–Crippen LogP) is 2.65. The summed E-state index contributed by atoms with van der Waals surface area (Å²) in [4.78, 5) is 36.1. The first-order valence-corrected chi connectivity index (χ1v) is 8.63. The van der Waals surface area contributed by atoms with Crippen molar-refractivity contribution in [2.75, 3.05) is 17.2 Å². The lowest BCUT2D eigenvalue weighted by Gasteiger charge is -2.16. The number of halogens is 2. The number of anilines is 2. The first kappa shape index (κ1) is 23.5. The summed E-state index contributed by atoms with van der Waals surface area (Å²) < 4.78 is 5.03. The Morgan fingerprint density at radius 1 is 1.14 bits per heavy atom. The Kier molecular flexibility index (Phi) is 8.98. The van der Waals surface area contributed by atoms with Gasteiger partial charge in [0.25, 0.3) is 5.91 Å². The molecule has 5 N–H and O–H groups in total. The largest absolute Gasteiger partial charge is 0.459 e. The highest BCUT2D eigenvalue weighted by molar-refractivity contribution is 6.31. The van der Waals surface area contributed by atoms with Crippen LogP contribution in [0, 0.1) is 5.92 Å². The molecule has 8 nitrogen and oxygen atoms in total. The molecule has 10 heteroatoms. The van der Waals surface area contributed by atoms with E-state index >= 15 is 0 Å². The van der Waals surface area contributed by atoms with E-state index in [1.807, 2.05) is 13.8 Å². The van der Waals surface area contributed by atoms with E-state index in [-0.39, 0.29) is 30.6 Å². The Balaban J connectivity index is 0.00000392. The van der Waals surface area contributed by atoms with Crippen LogP contribution in [0.4, 0.5) is 11.4 Å². The zero-order valence-electron chi connectivity index (χ0n) is 15.3. The van der Waals surface area contributed by atoms with E-state index in [1.54, 1.807) is 18.2 Å². The third-order valence-electron chi connectivity index (χ3n) is 3.69. The molecule has 0 unspecified atom stereocenters. The van der Waals surface area contributed by atoms with Crippen LogP contribution in [0.3, 0.4) is 0 Å². The minimum atomic E-state index is -0.698. The SMILES string of the molecule is CC(C)[C@H](N)C(=O)NCC(=O)Nc1ccc(Cl)cc1NC(=O)c1ccco1.Cl. The number of carbonyl (C=O) groups is 3. The Bertz CT molecular complexity index is 825. The Hall–Kier alpha value is -2.55. The molecule has 1 aromatic carbocycles. The number of hydrogen-bond acceptors (Lipinski definition) is 5. The number of benzene rings is 1. The molecule has 152 valence electrons. The van der Waals surface area contributed by atoms with Gasteiger partial charge in [-0.05, 0) is 36.2 Å². The number of rotatable bonds is 7. The van der Waals surface area contributed by atoms with Crippen LogP contribution in [0.2, 0.25) is 5.02 Å². The smallest absolute Gasteiger partial charge is 0.291 e. The number of furan rings is 1. The lowest BCUT2D eigenvalue weighted by molar-refractivity contribution is -0.125. The van der Waals surface area contributed by atoms with Crippen molar-refractivity contribution in [1.82, 2.24) is 5.32 Å². The second kappa shape index (κ2) is 10.7. The molecule has 2 rings (SSSR count). The van der Waals surface area contributed by atoms with Gasteiger partial charge in [-0.2, -0.15) is 0 Å². The van der Waals surface area contributed by atoms with Crippen LogP contribution in [0.5, 0.6) is 0 Å². The summed E-state index contributed by atoms with van der Waals surface area (Å²) in [5.41, 5.74) is 6.35. The second-order valence-electron chi connectivity index (χ2n) is 6.16. The summed E-state index contributed by atoms with van der Waals surface area (Å²) in [6, 6.07) is 6.99. The molecule has 0 spiro atoms. The third-order valence-corrected chi connectivity index (χ3v) is 3.93. The Labute approximate surface area is 173 Å². The van der Waals surface area contributed by atoms with Crippen molar-refractivity contribution in [3.8, 4) is 0 Å². The molecular formula is C18H22Cl2N4O4. The molecule has 0 saturated heterocycles. The van der Waals surface area contributed by atoms with Gasteiger partial charge in [-0.25, -0.2) is 0 Å². The molecular weight excluding hydrogens is 407 g/mol. The number of carbonyl (C=O) groups excluding carboxylic acids is 3. The molecule has 0 saturated carbocycles. The highest BCUT2D eigenvalue weighted by Gasteiger charge is 2.18. The maximum absolute atomic E-state index is 12.1. The fourth-order valence-electron chi connectivity index (χ4n) is 2.10. The summed E-state index contributed by atoms with van der Waals surface area (Å²) in [5, 5.41) is 8.08. The van der Waals surface area contributed by atoms with Crippen molar-refractivity contribution in [3.05, 3.63) is 47.4 Å². The molecule has 0 aliphatic heterocycles. The second-order valence-corrected chi connectivity index (χ2v) is 6.59. The van der Waals surface area contributed by atoms with Gasteiger partial charge in [0.15, 0.2) is 5.76 Å². The number of hydrogen-bond donors (Lipinski definition) is 4. The zero-order valence-corrected chi connectivity index (χ0v) is 16.9. The molecule has 0 aliphatic carbocycles. The van der Waals surface area contributed by atoms with Crippen LogP contribution in [-0.4, -0.2) is 30.3 Å². The van der Waals surface area contributed by atoms with E-state index in [0.717, 1.165) is 0 Å². The fourth-order valence-corrected chi connectivity index (χ4v) is 2.28. The number of nitrogens with one attached hydrogen (secondary N) is 3. The average molecular weight is 429 g/mol. The zero-order chi connectivity index (χ0) is 20.0. The first-order chi connectivity index (χ1) is 12.8. The van der Waals surface area contributed by atoms with Crippen LogP contribution in [0.25, 0.3) is 0 Å². The summed E-state index contributed by atoms with van der Waals surface area (Å²) >= 11 is 5.97. The van der Waals surface area contributed by atoms with E-state index in [9.17, 15) is 14.4 Å². The number of amides is 3. The van der Waals surface area contributed by atoms with Crippen LogP contribution in [-0.2, 0) is 9.59 Å². The van der Waals surface area contributed by atoms with E-state index in [4.69, 9.17) is 21.8 Å². The quantitative estimate of drug-likeness (QED) is 0.538. The molecule has 0 bridgehead atoms. The van der Waals surface area contributed by atoms with Gasteiger partial charge in [0.1, 0.15) is 0 Å². The summed E-state index contributed by atoms with van der Waals surface area (Å²) in [5.74, 6) is -1.32. The summed E-state index contributed by atoms with van der Waals surface area (Å²) in [6.07, 6.45) is 1.38. The van der Waals surface area contributed by atoms with Gasteiger partial charge in [0, 0.05) is 5.02 Å². The minimum absolute atomic E-state index is 0. The van der Waals surface area contributed by atoms with Crippen LogP contribution < -0.4 is 21.7 Å². The third kappa shape index (κ3) is 6.56. The van der Waals surface area contributed by atoms with E-state index in [0.29, 0.717) is 16.4 Å². The standard InChI is InChI=1S/C18H21ClN4O4.ClH/c1-10(2)16(20)18(26)21-9-15(24)22-12-6-5-11(19)8-13(12)23-17(25)14-4-3-7-27-14;/h3-8,10,16H,9,20H2,1-2H3,(H,21,26)(H,22,24)(H,23,25);1H/t16-;/m0./s1. The maximum Gasteiger partial charge on any atom is 0.291 e. The molecule has 0 radical (unpaired) electrons. The van der Waals surface area contributed by atoms with Crippen LogP contribution in [0.15, 0.2) is 41.0 Å². The van der Waals surface area contributed by atoms with Gasteiger partial charge in [-0.3, -0.25) is 14.4 Å². The first-order valence-electron chi connectivity index (χ1n) is 8.25. The fraction of sp³-hybridized carbons (Fsp3) is 0.278. The van der Waals surface area contributed by atoms with E-state index in [1.165, 1.54) is 18.4 Å². The highest BCUT2D eigenvalue weighted by Crippen LogP contribution is 2.26. The van der Waals surface area contributed by atoms with Gasteiger partial charge in [-0.1, -0.05) is 25.4 Å². The Morgan fingerprint density at radius 2 is 1.86 bits per heavy atom. The Morgan fingerprint density at radius 3 is 2.46 bits per heavy atom. The topological polar surface area (TPSA) is 126 Å². The minimum Gasteiger partial charge on any atom is -0.459 e. The summed E-state index contributed by atoms with van der Waals surface area (Å²) in [6.45, 7) is 3.37. The van der Waals surface area contributed by atoms with Crippen molar-refractivity contribution >= 4 is 53.1 Å². The lowest BCUT2D eigenvalue weighted by Crippen LogP contribution is -2.46. The van der Waals surface area contributed by atoms with Gasteiger partial charge >= 0.3 is 0 Å². The van der Waals surface area contributed by atoms with Gasteiger partial charge < -0.3 is 26.1 Å². The van der Waals surface area contributed by atoms with Crippen molar-refractivity contribution in [3.63, 3.8) is 0 Å². The molecule has 1 atom stereocenters. The van der Waals surface area contributed by atoms with E-state index in [2.05, 4.69) is 16.0 Å². The van der Waals surface area contributed by atoms with Crippen molar-refractivity contribution in [1.29, 1.82) is 0 Å². The lowest BCUT2D eigenvalue weighted by atomic mass is 10.1. The normalized spacial score (nSPS) is 11.3. The molecule has 0 fully saturated rings. The molecule has 2 aromatic rings. The molecule has 1 aromatic heterocycles. The van der Waals surface area contributed by atoms with Crippen molar-refractivity contribution < 1.29 is 18.8 Å². The van der Waals surface area contributed by atoms with Crippen LogP contribution >= 0.6 is 24.0 Å². The maximum atomic E-state index is 12.1. The number of nitrogens with two attached hydrogens (primary N) is 1. The monoisotopic (exact) mass is 428 g/mol. The summed E-state index contributed by atoms with van der Waals surface area (Å²) in [7, 11) is 0. The van der Waals surface area contributed by atoms with Crippen molar-refractivity contribution in [2.45, 2.75) is 19.9 Å².